The zero-order chi connectivity index (χ0) is 12.2. The monoisotopic (exact) mass is 242 g/mol. The van der Waals surface area contributed by atoms with E-state index in [2.05, 4.69) is 16.0 Å². The Balaban J connectivity index is 1.83. The fourth-order valence-electron chi connectivity index (χ4n) is 2.54. The van der Waals surface area contributed by atoms with Gasteiger partial charge >= 0.3 is 0 Å². The van der Waals surface area contributed by atoms with Gasteiger partial charge in [0.15, 0.2) is 0 Å². The third-order valence-corrected chi connectivity index (χ3v) is 3.49. The highest BCUT2D eigenvalue weighted by atomic mass is 16.5. The van der Waals surface area contributed by atoms with Gasteiger partial charge in [-0.1, -0.05) is 18.6 Å². The van der Waals surface area contributed by atoms with Crippen molar-refractivity contribution in [3.05, 3.63) is 36.7 Å². The second kappa shape index (κ2) is 5.25. The highest BCUT2D eigenvalue weighted by Gasteiger charge is 2.17. The Morgan fingerprint density at radius 2 is 1.94 bits per heavy atom. The molecule has 1 aromatic carbocycles. The molecular weight excluding hydrogens is 224 g/mol. The van der Waals surface area contributed by atoms with Crippen molar-refractivity contribution >= 4 is 0 Å². The SMILES string of the molecule is c1ccc(-c2ncc[nH]2)c(OC2CCCCC2)c1. The first-order chi connectivity index (χ1) is 8.93. The first-order valence-electron chi connectivity index (χ1n) is 6.69. The molecule has 0 unspecified atom stereocenters. The van der Waals surface area contributed by atoms with E-state index >= 15 is 0 Å². The van der Waals surface area contributed by atoms with Crippen molar-refractivity contribution in [3.63, 3.8) is 0 Å². The third-order valence-electron chi connectivity index (χ3n) is 3.49. The quantitative estimate of drug-likeness (QED) is 0.889. The number of rotatable bonds is 3. The Kier molecular flexibility index (Phi) is 3.31. The minimum absolute atomic E-state index is 0.370. The van der Waals surface area contributed by atoms with Gasteiger partial charge in [-0.3, -0.25) is 0 Å². The maximum absolute atomic E-state index is 6.15. The van der Waals surface area contributed by atoms with Crippen LogP contribution in [0.1, 0.15) is 32.1 Å². The predicted molar refractivity (Wildman–Crippen MR) is 71.5 cm³/mol. The van der Waals surface area contributed by atoms with Crippen molar-refractivity contribution in [2.75, 3.05) is 0 Å². The molecule has 1 fully saturated rings. The van der Waals surface area contributed by atoms with Gasteiger partial charge in [0.1, 0.15) is 11.6 Å². The molecule has 18 heavy (non-hydrogen) atoms. The normalized spacial score (nSPS) is 16.7. The smallest absolute Gasteiger partial charge is 0.141 e. The van der Waals surface area contributed by atoms with E-state index < -0.39 is 0 Å². The summed E-state index contributed by atoms with van der Waals surface area (Å²) in [5.74, 6) is 1.82. The van der Waals surface area contributed by atoms with Gasteiger partial charge in [-0.2, -0.15) is 0 Å². The molecule has 0 amide bonds. The first-order valence-corrected chi connectivity index (χ1v) is 6.69. The molecule has 0 radical (unpaired) electrons. The lowest BCUT2D eigenvalue weighted by molar-refractivity contribution is 0.155. The number of imidazole rings is 1. The summed E-state index contributed by atoms with van der Waals surface area (Å²) in [6.07, 6.45) is 10.2. The van der Waals surface area contributed by atoms with Crippen molar-refractivity contribution in [3.8, 4) is 17.1 Å². The Morgan fingerprint density at radius 1 is 1.11 bits per heavy atom. The number of hydrogen-bond donors (Lipinski definition) is 1. The molecule has 3 nitrogen and oxygen atoms in total. The van der Waals surface area contributed by atoms with Gasteiger partial charge in [0.2, 0.25) is 0 Å². The summed E-state index contributed by atoms with van der Waals surface area (Å²) in [7, 11) is 0. The first kappa shape index (κ1) is 11.3. The van der Waals surface area contributed by atoms with Crippen LogP contribution < -0.4 is 4.74 Å². The number of benzene rings is 1. The highest BCUT2D eigenvalue weighted by molar-refractivity contribution is 5.63. The van der Waals surface area contributed by atoms with E-state index in [1.807, 2.05) is 24.4 Å². The van der Waals surface area contributed by atoms with Crippen LogP contribution in [0.25, 0.3) is 11.4 Å². The molecule has 1 heterocycles. The summed E-state index contributed by atoms with van der Waals surface area (Å²) < 4.78 is 6.15. The maximum atomic E-state index is 6.15. The number of nitrogens with zero attached hydrogens (tertiary/aromatic N) is 1. The molecule has 94 valence electrons. The van der Waals surface area contributed by atoms with Crippen LogP contribution in [0.15, 0.2) is 36.7 Å². The molecule has 1 aliphatic rings. The van der Waals surface area contributed by atoms with Crippen LogP contribution in [0.3, 0.4) is 0 Å². The molecule has 1 aliphatic carbocycles. The summed E-state index contributed by atoms with van der Waals surface area (Å²) >= 11 is 0. The number of aromatic nitrogens is 2. The van der Waals surface area contributed by atoms with Gasteiger partial charge < -0.3 is 9.72 Å². The van der Waals surface area contributed by atoms with E-state index in [1.165, 1.54) is 32.1 Å². The van der Waals surface area contributed by atoms with Crippen LogP contribution in [-0.4, -0.2) is 16.1 Å². The number of ether oxygens (including phenoxy) is 1. The van der Waals surface area contributed by atoms with Gasteiger partial charge in [-0.15, -0.1) is 0 Å². The number of para-hydroxylation sites is 1. The topological polar surface area (TPSA) is 37.9 Å². The van der Waals surface area contributed by atoms with Crippen molar-refractivity contribution in [2.24, 2.45) is 0 Å². The lowest BCUT2D eigenvalue weighted by atomic mass is 9.97. The fraction of sp³-hybridized carbons (Fsp3) is 0.400. The average molecular weight is 242 g/mol. The molecule has 2 aromatic rings. The summed E-state index contributed by atoms with van der Waals surface area (Å²) in [4.78, 5) is 7.44. The summed E-state index contributed by atoms with van der Waals surface area (Å²) in [6, 6.07) is 8.12. The molecule has 0 saturated heterocycles. The number of hydrogen-bond acceptors (Lipinski definition) is 2. The minimum Gasteiger partial charge on any atom is -0.490 e. The van der Waals surface area contributed by atoms with Crippen molar-refractivity contribution < 1.29 is 4.74 Å². The Hall–Kier alpha value is -1.77. The van der Waals surface area contributed by atoms with Crippen LogP contribution in [0.5, 0.6) is 5.75 Å². The van der Waals surface area contributed by atoms with Gasteiger partial charge in [0.25, 0.3) is 0 Å². The summed E-state index contributed by atoms with van der Waals surface area (Å²) in [5, 5.41) is 0. The Bertz CT molecular complexity index is 487. The van der Waals surface area contributed by atoms with Crippen LogP contribution in [-0.2, 0) is 0 Å². The van der Waals surface area contributed by atoms with Crippen molar-refractivity contribution in [1.29, 1.82) is 0 Å². The van der Waals surface area contributed by atoms with E-state index in [9.17, 15) is 0 Å². The van der Waals surface area contributed by atoms with Crippen molar-refractivity contribution in [2.45, 2.75) is 38.2 Å². The third kappa shape index (κ3) is 2.40. The largest absolute Gasteiger partial charge is 0.490 e. The zero-order valence-corrected chi connectivity index (χ0v) is 10.4. The number of H-pyrrole nitrogens is 1. The van der Waals surface area contributed by atoms with E-state index in [0.29, 0.717) is 6.10 Å². The second-order valence-corrected chi connectivity index (χ2v) is 4.81. The standard InChI is InChI=1S/C15H18N2O/c1-2-6-12(7-3-1)18-14-9-5-4-8-13(14)15-16-10-11-17-15/h4-5,8-12H,1-3,6-7H2,(H,16,17). The lowest BCUT2D eigenvalue weighted by Gasteiger charge is -2.24. The molecule has 1 saturated carbocycles. The number of nitrogens with one attached hydrogen (secondary N) is 1. The Morgan fingerprint density at radius 3 is 2.72 bits per heavy atom. The molecule has 0 aliphatic heterocycles. The summed E-state index contributed by atoms with van der Waals surface area (Å²) in [6.45, 7) is 0. The number of aromatic amines is 1. The maximum Gasteiger partial charge on any atom is 0.141 e. The van der Waals surface area contributed by atoms with Gasteiger partial charge in [-0.25, -0.2) is 4.98 Å². The van der Waals surface area contributed by atoms with E-state index in [4.69, 9.17) is 4.74 Å². The molecule has 3 heteroatoms. The second-order valence-electron chi connectivity index (χ2n) is 4.81. The van der Waals surface area contributed by atoms with Crippen LogP contribution in [0, 0.1) is 0 Å². The van der Waals surface area contributed by atoms with E-state index in [1.54, 1.807) is 6.20 Å². The molecule has 0 spiro atoms. The fourth-order valence-corrected chi connectivity index (χ4v) is 2.54. The average Bonchev–Trinajstić information content (AvgIpc) is 2.94. The predicted octanol–water partition coefficient (Wildman–Crippen LogP) is 3.79. The highest BCUT2D eigenvalue weighted by Crippen LogP contribution is 2.30. The van der Waals surface area contributed by atoms with Crippen LogP contribution in [0.4, 0.5) is 0 Å². The lowest BCUT2D eigenvalue weighted by Crippen LogP contribution is -2.19. The Labute approximate surface area is 107 Å². The van der Waals surface area contributed by atoms with Crippen LogP contribution in [0.2, 0.25) is 0 Å². The van der Waals surface area contributed by atoms with E-state index in [0.717, 1.165) is 17.1 Å². The molecule has 1 aromatic heterocycles. The molecule has 0 bridgehead atoms. The van der Waals surface area contributed by atoms with E-state index in [-0.39, 0.29) is 0 Å². The molecule has 3 rings (SSSR count). The molecular formula is C15H18N2O. The molecule has 0 atom stereocenters. The van der Waals surface area contributed by atoms with Crippen molar-refractivity contribution in [1.82, 2.24) is 9.97 Å². The minimum atomic E-state index is 0.370. The van der Waals surface area contributed by atoms with Crippen LogP contribution >= 0.6 is 0 Å². The summed E-state index contributed by atoms with van der Waals surface area (Å²) in [5.41, 5.74) is 1.05. The molecule has 1 N–H and O–H groups in total. The van der Waals surface area contributed by atoms with Gasteiger partial charge in [0, 0.05) is 12.4 Å². The van der Waals surface area contributed by atoms with Gasteiger partial charge in [0.05, 0.1) is 11.7 Å². The van der Waals surface area contributed by atoms with Gasteiger partial charge in [-0.05, 0) is 37.8 Å². The zero-order valence-electron chi connectivity index (χ0n) is 10.4.